The number of amides is 2. The van der Waals surface area contributed by atoms with E-state index >= 15 is 0 Å². The first kappa shape index (κ1) is 21.0. The molecule has 1 aromatic rings. The number of nitrogens with one attached hydrogen (secondary N) is 3. The molecule has 25 heavy (non-hydrogen) atoms. The number of benzene rings is 1. The summed E-state index contributed by atoms with van der Waals surface area (Å²) in [5.41, 5.74) is 0.373. The van der Waals surface area contributed by atoms with E-state index in [2.05, 4.69) is 16.0 Å². The maximum atomic E-state index is 12.8. The van der Waals surface area contributed by atoms with Crippen molar-refractivity contribution < 1.29 is 23.5 Å². The number of likely N-dealkylation sites (N-methyl/N-ethyl adjacent to an activating group) is 1. The van der Waals surface area contributed by atoms with Crippen LogP contribution in [0.1, 0.15) is 16.8 Å². The molecule has 7 nitrogen and oxygen atoms in total. The molecule has 0 bridgehead atoms. The Morgan fingerprint density at radius 2 is 1.56 bits per heavy atom. The van der Waals surface area contributed by atoms with Gasteiger partial charge in [-0.2, -0.15) is 0 Å². The van der Waals surface area contributed by atoms with Crippen LogP contribution in [0.15, 0.2) is 24.3 Å². The molecule has 2 amide bonds. The average molecular weight is 354 g/mol. The highest BCUT2D eigenvalue weighted by Gasteiger charge is 2.05. The molecule has 0 radical (unpaired) electrons. The van der Waals surface area contributed by atoms with Crippen molar-refractivity contribution in [3.05, 3.63) is 35.6 Å². The minimum Gasteiger partial charge on any atom is -0.379 e. The summed E-state index contributed by atoms with van der Waals surface area (Å²) in [5, 5.41) is 8.30. The van der Waals surface area contributed by atoms with Crippen LogP contribution in [0.25, 0.3) is 0 Å². The van der Waals surface area contributed by atoms with E-state index in [1.54, 1.807) is 0 Å². The Kier molecular flexibility index (Phi) is 11.2. The van der Waals surface area contributed by atoms with Crippen molar-refractivity contribution in [1.29, 1.82) is 0 Å². The third-order valence-electron chi connectivity index (χ3n) is 3.18. The third kappa shape index (κ3) is 10.4. The molecular weight excluding hydrogens is 328 g/mol. The molecular formula is C17H26FN3O4. The van der Waals surface area contributed by atoms with Crippen LogP contribution in [-0.4, -0.2) is 64.9 Å². The van der Waals surface area contributed by atoms with Crippen molar-refractivity contribution in [2.75, 3.05) is 53.1 Å². The van der Waals surface area contributed by atoms with Gasteiger partial charge in [0.05, 0.1) is 26.4 Å². The topological polar surface area (TPSA) is 88.7 Å². The van der Waals surface area contributed by atoms with Crippen LogP contribution in [-0.2, 0) is 14.3 Å². The Labute approximate surface area is 147 Å². The minimum atomic E-state index is -0.393. The van der Waals surface area contributed by atoms with Crippen molar-refractivity contribution in [2.45, 2.75) is 6.42 Å². The summed E-state index contributed by atoms with van der Waals surface area (Å²) in [6, 6.07) is 5.26. The van der Waals surface area contributed by atoms with Crippen LogP contribution in [0.5, 0.6) is 0 Å². The van der Waals surface area contributed by atoms with Crippen LogP contribution in [0.4, 0.5) is 4.39 Å². The fraction of sp³-hybridized carbons (Fsp3) is 0.529. The Bertz CT molecular complexity index is 511. The van der Waals surface area contributed by atoms with Gasteiger partial charge in [-0.25, -0.2) is 4.39 Å². The zero-order chi connectivity index (χ0) is 18.3. The lowest BCUT2D eigenvalue weighted by Gasteiger charge is -2.08. The molecule has 0 saturated carbocycles. The van der Waals surface area contributed by atoms with E-state index in [1.807, 2.05) is 7.05 Å². The second-order valence-corrected chi connectivity index (χ2v) is 5.19. The van der Waals surface area contributed by atoms with Crippen LogP contribution in [0.3, 0.4) is 0 Å². The standard InChI is InChI=1S/C17H26FN3O4/c1-19-9-11-25-13-12-24-10-6-16(22)20-7-8-21-17(23)14-2-4-15(18)5-3-14/h2-5,19H,6-13H2,1H3,(H,20,22)(H,21,23)/i18-1. The van der Waals surface area contributed by atoms with E-state index in [0.717, 1.165) is 6.54 Å². The van der Waals surface area contributed by atoms with Crippen LogP contribution >= 0.6 is 0 Å². The summed E-state index contributed by atoms with van der Waals surface area (Å²) in [6.07, 6.45) is 0.252. The van der Waals surface area contributed by atoms with E-state index in [0.29, 0.717) is 45.1 Å². The van der Waals surface area contributed by atoms with Gasteiger partial charge in [0, 0.05) is 31.6 Å². The molecule has 140 valence electrons. The second kappa shape index (κ2) is 13.3. The predicted molar refractivity (Wildman–Crippen MR) is 91.9 cm³/mol. The minimum absolute atomic E-state index is 0.146. The van der Waals surface area contributed by atoms with Crippen LogP contribution in [0.2, 0.25) is 0 Å². The molecule has 0 aromatic heterocycles. The number of halogens is 1. The van der Waals surface area contributed by atoms with Gasteiger partial charge in [0.2, 0.25) is 5.91 Å². The fourth-order valence-electron chi connectivity index (χ4n) is 1.83. The van der Waals surface area contributed by atoms with Gasteiger partial charge >= 0.3 is 0 Å². The van der Waals surface area contributed by atoms with Gasteiger partial charge in [-0.15, -0.1) is 0 Å². The van der Waals surface area contributed by atoms with Gasteiger partial charge in [0.25, 0.3) is 5.91 Å². The van der Waals surface area contributed by atoms with Gasteiger partial charge in [-0.05, 0) is 31.3 Å². The molecule has 0 aliphatic rings. The molecule has 1 aromatic carbocycles. The highest BCUT2D eigenvalue weighted by Crippen LogP contribution is 2.01. The van der Waals surface area contributed by atoms with Gasteiger partial charge in [-0.1, -0.05) is 0 Å². The van der Waals surface area contributed by atoms with Gasteiger partial charge in [0.1, 0.15) is 5.82 Å². The Morgan fingerprint density at radius 1 is 0.920 bits per heavy atom. The van der Waals surface area contributed by atoms with E-state index in [1.165, 1.54) is 24.3 Å². The number of hydrogen-bond donors (Lipinski definition) is 3. The maximum Gasteiger partial charge on any atom is 0.251 e. The van der Waals surface area contributed by atoms with Gasteiger partial charge in [-0.3, -0.25) is 9.59 Å². The quantitative estimate of drug-likeness (QED) is 0.444. The summed E-state index contributed by atoms with van der Waals surface area (Å²) in [4.78, 5) is 23.3. The highest BCUT2D eigenvalue weighted by molar-refractivity contribution is 5.94. The largest absolute Gasteiger partial charge is 0.379 e. The smallest absolute Gasteiger partial charge is 0.251 e. The van der Waals surface area contributed by atoms with Crippen LogP contribution in [0, 0.1) is 5.82 Å². The van der Waals surface area contributed by atoms with E-state index in [-0.39, 0.29) is 18.2 Å². The molecule has 0 heterocycles. The second-order valence-electron chi connectivity index (χ2n) is 5.19. The normalized spacial score (nSPS) is 10.5. The highest BCUT2D eigenvalue weighted by atomic mass is 18.2. The van der Waals surface area contributed by atoms with Crippen molar-refractivity contribution in [3.63, 3.8) is 0 Å². The summed E-state index contributed by atoms with van der Waals surface area (Å²) in [6.45, 7) is 3.30. The molecule has 1 rings (SSSR count). The first-order valence-electron chi connectivity index (χ1n) is 8.24. The third-order valence-corrected chi connectivity index (χ3v) is 3.18. The van der Waals surface area contributed by atoms with E-state index in [4.69, 9.17) is 9.47 Å². The molecule has 0 unspecified atom stereocenters. The lowest BCUT2D eigenvalue weighted by Crippen LogP contribution is -2.35. The van der Waals surface area contributed by atoms with E-state index in [9.17, 15) is 14.0 Å². The summed E-state index contributed by atoms with van der Waals surface area (Å²) in [5.74, 6) is -0.849. The zero-order valence-corrected chi connectivity index (χ0v) is 14.5. The number of carbonyl (C=O) groups is 2. The Morgan fingerprint density at radius 3 is 2.24 bits per heavy atom. The van der Waals surface area contributed by atoms with Crippen molar-refractivity contribution in [2.24, 2.45) is 0 Å². The predicted octanol–water partition coefficient (Wildman–Crippen LogP) is 0.314. The SMILES string of the molecule is CNCCOCCOCCC(=O)NCCNC(=O)c1ccc([18F])cc1. The lowest BCUT2D eigenvalue weighted by atomic mass is 10.2. The average Bonchev–Trinajstić information content (AvgIpc) is 2.61. The molecule has 0 aliphatic heterocycles. The van der Waals surface area contributed by atoms with Crippen molar-refractivity contribution >= 4 is 11.8 Å². The summed E-state index contributed by atoms with van der Waals surface area (Å²) < 4.78 is 23.3. The maximum absolute atomic E-state index is 12.8. The molecule has 0 aliphatic carbocycles. The van der Waals surface area contributed by atoms with E-state index < -0.39 is 5.82 Å². The molecule has 0 spiro atoms. The fourth-order valence-corrected chi connectivity index (χ4v) is 1.83. The zero-order valence-electron chi connectivity index (χ0n) is 14.5. The summed E-state index contributed by atoms with van der Waals surface area (Å²) in [7, 11) is 1.85. The Balaban J connectivity index is 1.98. The number of carbonyl (C=O) groups excluding carboxylic acids is 2. The molecule has 0 saturated heterocycles. The molecule has 0 fully saturated rings. The first-order valence-corrected chi connectivity index (χ1v) is 8.24. The number of hydrogen-bond acceptors (Lipinski definition) is 5. The van der Waals surface area contributed by atoms with Crippen molar-refractivity contribution in [1.82, 2.24) is 16.0 Å². The van der Waals surface area contributed by atoms with Crippen molar-refractivity contribution in [3.8, 4) is 0 Å². The monoisotopic (exact) mass is 354 g/mol. The number of ether oxygens (including phenoxy) is 2. The van der Waals surface area contributed by atoms with Gasteiger partial charge < -0.3 is 25.4 Å². The number of rotatable bonds is 13. The Hall–Kier alpha value is -2.03. The van der Waals surface area contributed by atoms with Gasteiger partial charge in [0.15, 0.2) is 0 Å². The molecule has 3 N–H and O–H groups in total. The van der Waals surface area contributed by atoms with Crippen LogP contribution < -0.4 is 16.0 Å². The first-order chi connectivity index (χ1) is 12.1. The lowest BCUT2D eigenvalue weighted by molar-refractivity contribution is -0.122. The molecule has 0 atom stereocenters. The molecule has 8 heteroatoms. The summed E-state index contributed by atoms with van der Waals surface area (Å²) >= 11 is 0.